The van der Waals surface area contributed by atoms with Gasteiger partial charge in [0.05, 0.1) is 15.5 Å². The topological polar surface area (TPSA) is 102 Å². The van der Waals surface area contributed by atoms with Crippen molar-refractivity contribution in [2.45, 2.75) is 4.90 Å². The molecule has 0 aliphatic carbocycles. The van der Waals surface area contributed by atoms with E-state index < -0.39 is 10.0 Å². The molecular formula is C22H15ClFN3O3S2. The number of hydrogen-bond donors (Lipinski definition) is 2. The molecule has 0 unspecified atom stereocenters. The van der Waals surface area contributed by atoms with E-state index in [1.165, 1.54) is 35.6 Å². The lowest BCUT2D eigenvalue weighted by atomic mass is 10.1. The number of hydrogen-bond acceptors (Lipinski definition) is 5. The van der Waals surface area contributed by atoms with Crippen molar-refractivity contribution in [2.75, 3.05) is 5.32 Å². The smallest absolute Gasteiger partial charge is 0.257 e. The average molecular weight is 488 g/mol. The van der Waals surface area contributed by atoms with Crippen LogP contribution < -0.4 is 10.5 Å². The second-order valence-electron chi connectivity index (χ2n) is 6.73. The van der Waals surface area contributed by atoms with Gasteiger partial charge in [-0.15, -0.1) is 0 Å². The molecular weight excluding hydrogens is 473 g/mol. The Morgan fingerprint density at radius 2 is 1.53 bits per heavy atom. The maximum Gasteiger partial charge on any atom is 0.257 e. The Morgan fingerprint density at radius 1 is 0.938 bits per heavy atom. The highest BCUT2D eigenvalue weighted by Crippen LogP contribution is 2.39. The number of carbonyl (C=O) groups excluding carboxylic acids is 1. The summed E-state index contributed by atoms with van der Waals surface area (Å²) in [6.45, 7) is 0. The molecule has 3 N–H and O–H groups in total. The van der Waals surface area contributed by atoms with Crippen molar-refractivity contribution in [1.29, 1.82) is 0 Å². The minimum absolute atomic E-state index is 0.0228. The number of amides is 1. The van der Waals surface area contributed by atoms with Gasteiger partial charge in [-0.2, -0.15) is 0 Å². The van der Waals surface area contributed by atoms with Crippen LogP contribution in [0.5, 0.6) is 0 Å². The van der Waals surface area contributed by atoms with Gasteiger partial charge in [-0.3, -0.25) is 10.1 Å². The van der Waals surface area contributed by atoms with Gasteiger partial charge in [0.1, 0.15) is 5.82 Å². The first-order chi connectivity index (χ1) is 15.2. The third-order valence-electron chi connectivity index (χ3n) is 4.52. The SMILES string of the molecule is NS(=O)(=O)c1ccc(-c2sc(NC(=O)c3ccc(Cl)cc3)nc2-c2ccc(F)cc2)cc1. The number of benzene rings is 3. The Labute approximate surface area is 192 Å². The van der Waals surface area contributed by atoms with Crippen LogP contribution in [0.4, 0.5) is 9.52 Å². The molecule has 0 saturated heterocycles. The third-order valence-corrected chi connectivity index (χ3v) is 6.72. The summed E-state index contributed by atoms with van der Waals surface area (Å²) < 4.78 is 36.5. The molecule has 32 heavy (non-hydrogen) atoms. The maximum atomic E-state index is 13.4. The first-order valence-corrected chi connectivity index (χ1v) is 11.9. The van der Waals surface area contributed by atoms with Crippen LogP contribution in [0.2, 0.25) is 5.02 Å². The monoisotopic (exact) mass is 487 g/mol. The lowest BCUT2D eigenvalue weighted by Crippen LogP contribution is -2.11. The molecule has 0 bridgehead atoms. The molecule has 10 heteroatoms. The molecule has 1 aromatic heterocycles. The van der Waals surface area contributed by atoms with E-state index in [1.54, 1.807) is 48.5 Å². The van der Waals surface area contributed by atoms with Crippen LogP contribution in [0.15, 0.2) is 77.7 Å². The third kappa shape index (κ3) is 4.86. The van der Waals surface area contributed by atoms with Gasteiger partial charge in [0, 0.05) is 16.1 Å². The van der Waals surface area contributed by atoms with Crippen molar-refractivity contribution < 1.29 is 17.6 Å². The van der Waals surface area contributed by atoms with Crippen LogP contribution in [-0.4, -0.2) is 19.3 Å². The van der Waals surface area contributed by atoms with Crippen molar-refractivity contribution in [3.63, 3.8) is 0 Å². The minimum atomic E-state index is -3.83. The molecule has 0 aliphatic rings. The van der Waals surface area contributed by atoms with Gasteiger partial charge in [-0.25, -0.2) is 22.9 Å². The van der Waals surface area contributed by atoms with Gasteiger partial charge in [0.2, 0.25) is 10.0 Å². The van der Waals surface area contributed by atoms with Crippen molar-refractivity contribution in [2.24, 2.45) is 5.14 Å². The number of halogens is 2. The molecule has 4 aromatic rings. The van der Waals surface area contributed by atoms with Crippen LogP contribution >= 0.6 is 22.9 Å². The Balaban J connectivity index is 1.74. The summed E-state index contributed by atoms with van der Waals surface area (Å²) in [4.78, 5) is 17.8. The van der Waals surface area contributed by atoms with E-state index in [0.717, 1.165) is 0 Å². The molecule has 1 amide bonds. The summed E-state index contributed by atoms with van der Waals surface area (Å²) in [5, 5.41) is 8.78. The number of primary sulfonamides is 1. The summed E-state index contributed by atoms with van der Waals surface area (Å²) in [7, 11) is -3.83. The van der Waals surface area contributed by atoms with Crippen LogP contribution in [0.25, 0.3) is 21.7 Å². The fourth-order valence-electron chi connectivity index (χ4n) is 2.94. The number of carbonyl (C=O) groups is 1. The standard InChI is InChI=1S/C22H15ClFN3O3S2/c23-16-7-1-15(2-8-16)21(28)27-22-26-19(13-3-9-17(24)10-4-13)20(31-22)14-5-11-18(12-6-14)32(25,29)30/h1-12H,(H2,25,29,30)(H,26,27,28). The number of aromatic nitrogens is 1. The highest BCUT2D eigenvalue weighted by Gasteiger charge is 2.18. The highest BCUT2D eigenvalue weighted by molar-refractivity contribution is 7.89. The number of anilines is 1. The quantitative estimate of drug-likeness (QED) is 0.405. The van der Waals surface area contributed by atoms with Crippen LogP contribution in [0.3, 0.4) is 0 Å². The summed E-state index contributed by atoms with van der Waals surface area (Å²) >= 11 is 7.08. The zero-order valence-corrected chi connectivity index (χ0v) is 18.6. The van der Waals surface area contributed by atoms with Crippen molar-refractivity contribution in [3.05, 3.63) is 89.2 Å². The first kappa shape index (κ1) is 22.1. The van der Waals surface area contributed by atoms with E-state index >= 15 is 0 Å². The van der Waals surface area contributed by atoms with Gasteiger partial charge in [-0.1, -0.05) is 35.1 Å². The summed E-state index contributed by atoms with van der Waals surface area (Å²) in [6.07, 6.45) is 0. The maximum absolute atomic E-state index is 13.4. The molecule has 6 nitrogen and oxygen atoms in total. The Morgan fingerprint density at radius 3 is 2.12 bits per heavy atom. The summed E-state index contributed by atoms with van der Waals surface area (Å²) in [5.74, 6) is -0.753. The molecule has 0 atom stereocenters. The molecule has 0 radical (unpaired) electrons. The second kappa shape index (κ2) is 8.79. The predicted molar refractivity (Wildman–Crippen MR) is 124 cm³/mol. The van der Waals surface area contributed by atoms with E-state index in [-0.39, 0.29) is 16.6 Å². The molecule has 0 fully saturated rings. The van der Waals surface area contributed by atoms with E-state index in [9.17, 15) is 17.6 Å². The molecule has 3 aromatic carbocycles. The fraction of sp³-hybridized carbons (Fsp3) is 0. The molecule has 0 spiro atoms. The number of rotatable bonds is 5. The molecule has 1 heterocycles. The largest absolute Gasteiger partial charge is 0.298 e. The van der Waals surface area contributed by atoms with Crippen LogP contribution in [0, 0.1) is 5.82 Å². The predicted octanol–water partition coefficient (Wildman–Crippen LogP) is 5.17. The summed E-state index contributed by atoms with van der Waals surface area (Å²) in [5.41, 5.74) is 2.23. The van der Waals surface area contributed by atoms with Crippen LogP contribution in [0.1, 0.15) is 10.4 Å². The van der Waals surface area contributed by atoms with Crippen LogP contribution in [-0.2, 0) is 10.0 Å². The van der Waals surface area contributed by atoms with Crippen molar-refractivity contribution >= 4 is 44.0 Å². The number of sulfonamides is 1. The van der Waals surface area contributed by atoms with Gasteiger partial charge < -0.3 is 0 Å². The Bertz CT molecular complexity index is 1390. The second-order valence-corrected chi connectivity index (χ2v) is 9.73. The van der Waals surface area contributed by atoms with Crippen molar-refractivity contribution in [3.8, 4) is 21.7 Å². The van der Waals surface area contributed by atoms with Gasteiger partial charge in [-0.05, 0) is 66.2 Å². The van der Waals surface area contributed by atoms with Crippen molar-refractivity contribution in [1.82, 2.24) is 4.98 Å². The number of nitrogens with two attached hydrogens (primary N) is 1. The summed E-state index contributed by atoms with van der Waals surface area (Å²) in [6, 6.07) is 18.2. The first-order valence-electron chi connectivity index (χ1n) is 9.17. The molecule has 162 valence electrons. The Hall–Kier alpha value is -3.11. The lowest BCUT2D eigenvalue weighted by Gasteiger charge is -2.04. The zero-order chi connectivity index (χ0) is 22.9. The number of nitrogens with one attached hydrogen (secondary N) is 1. The molecule has 0 saturated carbocycles. The highest BCUT2D eigenvalue weighted by atomic mass is 35.5. The normalized spacial score (nSPS) is 11.3. The Kier molecular flexibility index (Phi) is 6.07. The van der Waals surface area contributed by atoms with E-state index in [4.69, 9.17) is 16.7 Å². The van der Waals surface area contributed by atoms with Gasteiger partial charge in [0.25, 0.3) is 5.91 Å². The zero-order valence-electron chi connectivity index (χ0n) is 16.2. The lowest BCUT2D eigenvalue weighted by molar-refractivity contribution is 0.102. The molecule has 0 aliphatic heterocycles. The minimum Gasteiger partial charge on any atom is -0.298 e. The average Bonchev–Trinajstić information content (AvgIpc) is 3.18. The van der Waals surface area contributed by atoms with Gasteiger partial charge in [0.15, 0.2) is 5.13 Å². The van der Waals surface area contributed by atoms with E-state index in [2.05, 4.69) is 10.3 Å². The molecule has 4 rings (SSSR count). The number of thiazole rings is 1. The fourth-order valence-corrected chi connectivity index (χ4v) is 4.57. The number of nitrogens with zero attached hydrogens (tertiary/aromatic N) is 1. The van der Waals surface area contributed by atoms with E-state index in [0.29, 0.717) is 37.4 Å². The van der Waals surface area contributed by atoms with Gasteiger partial charge >= 0.3 is 0 Å². The van der Waals surface area contributed by atoms with E-state index in [1.807, 2.05) is 0 Å².